The standard InChI is InChI=1S/C7H13N3O2/c1-10-7(8-5-9-10)3-6(11)4-12-2/h5-6,11H,3-4H2,1-2H3. The van der Waals surface area contributed by atoms with Crippen molar-refractivity contribution < 1.29 is 9.84 Å². The van der Waals surface area contributed by atoms with Crippen molar-refractivity contribution in [3.63, 3.8) is 0 Å². The molecule has 0 aliphatic rings. The Balaban J connectivity index is 2.46. The minimum absolute atomic E-state index is 0.326. The van der Waals surface area contributed by atoms with E-state index >= 15 is 0 Å². The minimum Gasteiger partial charge on any atom is -0.390 e. The van der Waals surface area contributed by atoms with Gasteiger partial charge in [0.25, 0.3) is 0 Å². The summed E-state index contributed by atoms with van der Waals surface area (Å²) in [6.45, 7) is 0.326. The Labute approximate surface area is 71.0 Å². The first kappa shape index (κ1) is 9.15. The van der Waals surface area contributed by atoms with E-state index in [9.17, 15) is 5.11 Å². The molecule has 1 rings (SSSR count). The van der Waals surface area contributed by atoms with Crippen LogP contribution < -0.4 is 0 Å². The normalized spacial score (nSPS) is 13.2. The summed E-state index contributed by atoms with van der Waals surface area (Å²) in [5, 5.41) is 13.2. The molecule has 0 saturated heterocycles. The summed E-state index contributed by atoms with van der Waals surface area (Å²) in [5.41, 5.74) is 0. The molecule has 0 radical (unpaired) electrons. The molecule has 1 unspecified atom stereocenters. The molecule has 12 heavy (non-hydrogen) atoms. The Bertz CT molecular complexity index is 236. The lowest BCUT2D eigenvalue weighted by molar-refractivity contribution is 0.0632. The Kier molecular flexibility index (Phi) is 3.19. The number of hydrogen-bond acceptors (Lipinski definition) is 4. The lowest BCUT2D eigenvalue weighted by Gasteiger charge is -2.07. The van der Waals surface area contributed by atoms with E-state index in [1.807, 2.05) is 0 Å². The number of nitrogens with zero attached hydrogens (tertiary/aromatic N) is 3. The molecule has 5 nitrogen and oxygen atoms in total. The number of aromatic nitrogens is 3. The number of rotatable bonds is 4. The molecule has 0 aliphatic heterocycles. The highest BCUT2D eigenvalue weighted by molar-refractivity contribution is 4.86. The van der Waals surface area contributed by atoms with Gasteiger partial charge in [-0.15, -0.1) is 0 Å². The zero-order valence-electron chi connectivity index (χ0n) is 7.27. The molecule has 1 heterocycles. The Morgan fingerprint density at radius 1 is 1.75 bits per heavy atom. The highest BCUT2D eigenvalue weighted by Crippen LogP contribution is 1.97. The molecule has 0 spiro atoms. The molecule has 68 valence electrons. The predicted octanol–water partition coefficient (Wildman–Crippen LogP) is -0.635. The molecule has 1 N–H and O–H groups in total. The Morgan fingerprint density at radius 3 is 3.00 bits per heavy atom. The van der Waals surface area contributed by atoms with Gasteiger partial charge in [-0.25, -0.2) is 4.98 Å². The first-order valence-corrected chi connectivity index (χ1v) is 3.74. The maximum absolute atomic E-state index is 9.34. The molecule has 5 heteroatoms. The van der Waals surface area contributed by atoms with Crippen LogP contribution in [0.15, 0.2) is 6.33 Å². The van der Waals surface area contributed by atoms with E-state index in [4.69, 9.17) is 4.74 Å². The summed E-state index contributed by atoms with van der Waals surface area (Å²) in [5.74, 6) is 0.763. The predicted molar refractivity (Wildman–Crippen MR) is 42.6 cm³/mol. The molecule has 0 saturated carbocycles. The van der Waals surface area contributed by atoms with Crippen LogP contribution in [0.3, 0.4) is 0 Å². The number of aliphatic hydroxyl groups excluding tert-OH is 1. The summed E-state index contributed by atoms with van der Waals surface area (Å²) < 4.78 is 6.42. The van der Waals surface area contributed by atoms with E-state index in [1.54, 1.807) is 18.8 Å². The van der Waals surface area contributed by atoms with Gasteiger partial charge in [0.15, 0.2) is 0 Å². The van der Waals surface area contributed by atoms with Gasteiger partial charge >= 0.3 is 0 Å². The van der Waals surface area contributed by atoms with Crippen LogP contribution >= 0.6 is 0 Å². The number of ether oxygens (including phenoxy) is 1. The van der Waals surface area contributed by atoms with Crippen LogP contribution in [0.2, 0.25) is 0 Å². The highest BCUT2D eigenvalue weighted by atomic mass is 16.5. The van der Waals surface area contributed by atoms with Crippen molar-refractivity contribution in [3.8, 4) is 0 Å². The second kappa shape index (κ2) is 4.18. The lowest BCUT2D eigenvalue weighted by atomic mass is 10.2. The van der Waals surface area contributed by atoms with Crippen LogP contribution in [0.5, 0.6) is 0 Å². The van der Waals surface area contributed by atoms with Crippen molar-refractivity contribution >= 4 is 0 Å². The molecule has 1 aromatic rings. The minimum atomic E-state index is -0.502. The molecule has 0 bridgehead atoms. The van der Waals surface area contributed by atoms with Crippen LogP contribution in [0.4, 0.5) is 0 Å². The zero-order valence-corrected chi connectivity index (χ0v) is 7.27. The number of hydrogen-bond donors (Lipinski definition) is 1. The zero-order chi connectivity index (χ0) is 8.97. The maximum Gasteiger partial charge on any atom is 0.138 e. The average molecular weight is 171 g/mol. The number of aliphatic hydroxyl groups is 1. The van der Waals surface area contributed by atoms with Gasteiger partial charge in [-0.05, 0) is 0 Å². The first-order chi connectivity index (χ1) is 5.74. The van der Waals surface area contributed by atoms with Crippen LogP contribution in [-0.2, 0) is 18.2 Å². The third kappa shape index (κ3) is 2.28. The third-order valence-corrected chi connectivity index (χ3v) is 1.58. The van der Waals surface area contributed by atoms with Crippen molar-refractivity contribution in [2.75, 3.05) is 13.7 Å². The van der Waals surface area contributed by atoms with E-state index < -0.39 is 6.10 Å². The van der Waals surface area contributed by atoms with Gasteiger partial charge in [-0.2, -0.15) is 5.10 Å². The van der Waals surface area contributed by atoms with Crippen LogP contribution in [0.25, 0.3) is 0 Å². The Morgan fingerprint density at radius 2 is 2.50 bits per heavy atom. The second-order valence-corrected chi connectivity index (χ2v) is 2.61. The van der Waals surface area contributed by atoms with Gasteiger partial charge < -0.3 is 9.84 Å². The van der Waals surface area contributed by atoms with E-state index in [0.29, 0.717) is 13.0 Å². The molecular weight excluding hydrogens is 158 g/mol. The van der Waals surface area contributed by atoms with Crippen molar-refractivity contribution in [2.45, 2.75) is 12.5 Å². The Hall–Kier alpha value is -0.940. The number of aryl methyl sites for hydroxylation is 1. The first-order valence-electron chi connectivity index (χ1n) is 3.74. The van der Waals surface area contributed by atoms with E-state index in [1.165, 1.54) is 6.33 Å². The quantitative estimate of drug-likeness (QED) is 0.655. The largest absolute Gasteiger partial charge is 0.390 e. The van der Waals surface area contributed by atoms with E-state index in [-0.39, 0.29) is 0 Å². The molecular formula is C7H13N3O2. The molecule has 0 fully saturated rings. The van der Waals surface area contributed by atoms with Crippen molar-refractivity contribution in [1.29, 1.82) is 0 Å². The summed E-state index contributed by atoms with van der Waals surface area (Å²) in [4.78, 5) is 3.97. The summed E-state index contributed by atoms with van der Waals surface area (Å²) in [6.07, 6.45) is 1.44. The molecule has 1 aromatic heterocycles. The van der Waals surface area contributed by atoms with Gasteiger partial charge in [-0.1, -0.05) is 0 Å². The fourth-order valence-corrected chi connectivity index (χ4v) is 0.967. The molecule has 0 aliphatic carbocycles. The third-order valence-electron chi connectivity index (χ3n) is 1.58. The fraction of sp³-hybridized carbons (Fsp3) is 0.714. The average Bonchev–Trinajstić information content (AvgIpc) is 2.37. The van der Waals surface area contributed by atoms with Crippen LogP contribution in [0.1, 0.15) is 5.82 Å². The van der Waals surface area contributed by atoms with E-state index in [0.717, 1.165) is 5.82 Å². The smallest absolute Gasteiger partial charge is 0.138 e. The van der Waals surface area contributed by atoms with Crippen molar-refractivity contribution in [2.24, 2.45) is 7.05 Å². The van der Waals surface area contributed by atoms with Gasteiger partial charge in [0.2, 0.25) is 0 Å². The van der Waals surface area contributed by atoms with Crippen LogP contribution in [0, 0.1) is 0 Å². The fourth-order valence-electron chi connectivity index (χ4n) is 0.967. The van der Waals surface area contributed by atoms with Gasteiger partial charge in [0.05, 0.1) is 12.7 Å². The van der Waals surface area contributed by atoms with Gasteiger partial charge in [0.1, 0.15) is 12.2 Å². The van der Waals surface area contributed by atoms with Crippen LogP contribution in [-0.4, -0.2) is 39.7 Å². The SMILES string of the molecule is COCC(O)Cc1ncnn1C. The van der Waals surface area contributed by atoms with Crippen molar-refractivity contribution in [3.05, 3.63) is 12.2 Å². The maximum atomic E-state index is 9.34. The number of methoxy groups -OCH3 is 1. The second-order valence-electron chi connectivity index (χ2n) is 2.61. The summed E-state index contributed by atoms with van der Waals surface area (Å²) in [6, 6.07) is 0. The van der Waals surface area contributed by atoms with Gasteiger partial charge in [-0.3, -0.25) is 4.68 Å². The van der Waals surface area contributed by atoms with Gasteiger partial charge in [0, 0.05) is 20.6 Å². The molecule has 1 atom stereocenters. The molecule has 0 aromatic carbocycles. The lowest BCUT2D eigenvalue weighted by Crippen LogP contribution is -2.19. The molecule has 0 amide bonds. The highest BCUT2D eigenvalue weighted by Gasteiger charge is 2.08. The topological polar surface area (TPSA) is 60.2 Å². The monoisotopic (exact) mass is 171 g/mol. The van der Waals surface area contributed by atoms with Crippen molar-refractivity contribution in [1.82, 2.24) is 14.8 Å². The van der Waals surface area contributed by atoms with E-state index in [2.05, 4.69) is 10.1 Å². The summed E-state index contributed by atoms with van der Waals surface area (Å²) in [7, 11) is 3.35. The summed E-state index contributed by atoms with van der Waals surface area (Å²) >= 11 is 0.